The minimum absolute atomic E-state index is 0.608. The molecule has 0 radical (unpaired) electrons. The van der Waals surface area contributed by atoms with E-state index < -0.39 is 0 Å². The number of aliphatic imine (C=N–C) groups is 1. The molecule has 0 fully saturated rings. The molecule has 7 heteroatoms. The molecular formula is C14H17BrClN5. The van der Waals surface area contributed by atoms with Gasteiger partial charge in [0.2, 0.25) is 0 Å². The molecule has 2 aromatic rings. The van der Waals surface area contributed by atoms with E-state index in [0.717, 1.165) is 26.7 Å². The maximum Gasteiger partial charge on any atom is 0.191 e. The van der Waals surface area contributed by atoms with Crippen molar-refractivity contribution in [1.29, 1.82) is 0 Å². The Morgan fingerprint density at radius 2 is 2.10 bits per heavy atom. The zero-order valence-corrected chi connectivity index (χ0v) is 14.2. The summed E-state index contributed by atoms with van der Waals surface area (Å²) in [4.78, 5) is 4.19. The highest BCUT2D eigenvalue weighted by Crippen LogP contribution is 2.21. The molecule has 2 rings (SSSR count). The van der Waals surface area contributed by atoms with Gasteiger partial charge in [0.1, 0.15) is 0 Å². The molecule has 1 aromatic carbocycles. The average Bonchev–Trinajstić information content (AvgIpc) is 2.86. The Labute approximate surface area is 137 Å². The lowest BCUT2D eigenvalue weighted by Gasteiger charge is -2.13. The minimum atomic E-state index is 0.608. The van der Waals surface area contributed by atoms with Crippen molar-refractivity contribution in [3.63, 3.8) is 0 Å². The summed E-state index contributed by atoms with van der Waals surface area (Å²) in [6.45, 7) is 1.27. The maximum atomic E-state index is 6.19. The summed E-state index contributed by atoms with van der Waals surface area (Å²) in [5.41, 5.74) is 2.10. The largest absolute Gasteiger partial charge is 0.352 e. The summed E-state index contributed by atoms with van der Waals surface area (Å²) < 4.78 is 2.79. The van der Waals surface area contributed by atoms with E-state index in [-0.39, 0.29) is 0 Å². The lowest BCUT2D eigenvalue weighted by Crippen LogP contribution is -2.36. The van der Waals surface area contributed by atoms with Crippen LogP contribution in [0.15, 0.2) is 39.9 Å². The van der Waals surface area contributed by atoms with E-state index in [1.165, 1.54) is 0 Å². The average molecular weight is 371 g/mol. The highest BCUT2D eigenvalue weighted by molar-refractivity contribution is 9.10. The monoisotopic (exact) mass is 369 g/mol. The van der Waals surface area contributed by atoms with Gasteiger partial charge in [0.25, 0.3) is 0 Å². The molecule has 1 heterocycles. The van der Waals surface area contributed by atoms with Crippen LogP contribution >= 0.6 is 27.5 Å². The molecule has 0 saturated heterocycles. The van der Waals surface area contributed by atoms with Crippen molar-refractivity contribution < 1.29 is 0 Å². The predicted octanol–water partition coefficient (Wildman–Crippen LogP) is 2.70. The Bertz CT molecular complexity index is 638. The number of halogens is 2. The molecule has 0 aliphatic carbocycles. The van der Waals surface area contributed by atoms with Crippen molar-refractivity contribution in [3.8, 4) is 0 Å². The first-order valence-corrected chi connectivity index (χ1v) is 7.62. The number of aryl methyl sites for hydroxylation is 1. The van der Waals surface area contributed by atoms with Gasteiger partial charge in [-0.05, 0) is 23.8 Å². The third kappa shape index (κ3) is 4.47. The summed E-state index contributed by atoms with van der Waals surface area (Å²) in [5.74, 6) is 0.718. The minimum Gasteiger partial charge on any atom is -0.352 e. The van der Waals surface area contributed by atoms with Gasteiger partial charge in [-0.3, -0.25) is 9.67 Å². The van der Waals surface area contributed by atoms with Gasteiger partial charge in [0.05, 0.1) is 12.2 Å². The molecular weight excluding hydrogens is 354 g/mol. The molecule has 0 atom stereocenters. The third-order valence-electron chi connectivity index (χ3n) is 3.04. The Hall–Kier alpha value is -1.53. The Morgan fingerprint density at radius 3 is 2.71 bits per heavy atom. The molecule has 21 heavy (non-hydrogen) atoms. The van der Waals surface area contributed by atoms with Crippen molar-refractivity contribution in [2.75, 3.05) is 7.05 Å². The third-order valence-corrected chi connectivity index (χ3v) is 3.89. The maximum absolute atomic E-state index is 6.19. The molecule has 5 nitrogen and oxygen atoms in total. The molecule has 0 bridgehead atoms. The van der Waals surface area contributed by atoms with Crippen LogP contribution in [-0.4, -0.2) is 22.8 Å². The van der Waals surface area contributed by atoms with Crippen molar-refractivity contribution in [3.05, 3.63) is 51.2 Å². The SMILES string of the molecule is CN=C(NCc1ccc(Br)cc1Cl)NCc1ccnn1C. The molecule has 0 saturated carbocycles. The first-order valence-electron chi connectivity index (χ1n) is 6.45. The predicted molar refractivity (Wildman–Crippen MR) is 89.4 cm³/mol. The molecule has 0 aliphatic heterocycles. The van der Waals surface area contributed by atoms with E-state index in [1.54, 1.807) is 13.2 Å². The fourth-order valence-electron chi connectivity index (χ4n) is 1.81. The normalized spacial score (nSPS) is 11.5. The number of rotatable bonds is 4. The Kier molecular flexibility index (Phi) is 5.64. The van der Waals surface area contributed by atoms with Crippen molar-refractivity contribution in [1.82, 2.24) is 20.4 Å². The topological polar surface area (TPSA) is 54.2 Å². The fraction of sp³-hybridized carbons (Fsp3) is 0.286. The number of benzene rings is 1. The van der Waals surface area contributed by atoms with Crippen LogP contribution in [0.4, 0.5) is 0 Å². The molecule has 0 unspecified atom stereocenters. The molecule has 0 spiro atoms. The van der Waals surface area contributed by atoms with Gasteiger partial charge in [-0.1, -0.05) is 33.6 Å². The number of nitrogens with zero attached hydrogens (tertiary/aromatic N) is 3. The number of aromatic nitrogens is 2. The van der Waals surface area contributed by atoms with E-state index >= 15 is 0 Å². The van der Waals surface area contributed by atoms with Gasteiger partial charge in [-0.2, -0.15) is 5.10 Å². The van der Waals surface area contributed by atoms with E-state index in [2.05, 4.69) is 36.7 Å². The fourth-order valence-corrected chi connectivity index (χ4v) is 2.55. The van der Waals surface area contributed by atoms with Crippen molar-refractivity contribution >= 4 is 33.5 Å². The van der Waals surface area contributed by atoms with E-state index in [4.69, 9.17) is 11.6 Å². The quantitative estimate of drug-likeness (QED) is 0.643. The first kappa shape index (κ1) is 15.9. The van der Waals surface area contributed by atoms with Crippen molar-refractivity contribution in [2.24, 2.45) is 12.0 Å². The van der Waals surface area contributed by atoms with Crippen LogP contribution in [0.1, 0.15) is 11.3 Å². The highest BCUT2D eigenvalue weighted by Gasteiger charge is 2.04. The first-order chi connectivity index (χ1) is 10.1. The van der Waals surface area contributed by atoms with Crippen LogP contribution in [0.2, 0.25) is 5.02 Å². The summed E-state index contributed by atoms with van der Waals surface area (Å²) in [6, 6.07) is 7.79. The van der Waals surface area contributed by atoms with Gasteiger partial charge in [0, 0.05) is 36.3 Å². The van der Waals surface area contributed by atoms with Crippen LogP contribution < -0.4 is 10.6 Å². The van der Waals surface area contributed by atoms with Crippen LogP contribution in [0.25, 0.3) is 0 Å². The van der Waals surface area contributed by atoms with Crippen LogP contribution in [0.3, 0.4) is 0 Å². The number of guanidine groups is 1. The second-order valence-electron chi connectivity index (χ2n) is 4.46. The Morgan fingerprint density at radius 1 is 1.33 bits per heavy atom. The lowest BCUT2D eigenvalue weighted by molar-refractivity contribution is 0.684. The second kappa shape index (κ2) is 7.47. The van der Waals surface area contributed by atoms with Crippen molar-refractivity contribution in [2.45, 2.75) is 13.1 Å². The standard InChI is InChI=1S/C14H17BrClN5/c1-17-14(19-9-12-5-6-20-21(12)2)18-8-10-3-4-11(15)7-13(10)16/h3-7H,8-9H2,1-2H3,(H2,17,18,19). The van der Waals surface area contributed by atoms with Crippen LogP contribution in [0.5, 0.6) is 0 Å². The molecule has 2 N–H and O–H groups in total. The molecule has 0 amide bonds. The smallest absolute Gasteiger partial charge is 0.191 e. The van der Waals surface area contributed by atoms with E-state index in [0.29, 0.717) is 13.1 Å². The summed E-state index contributed by atoms with van der Waals surface area (Å²) in [5, 5.41) is 11.3. The summed E-state index contributed by atoms with van der Waals surface area (Å²) in [6.07, 6.45) is 1.77. The van der Waals surface area contributed by atoms with E-state index in [1.807, 2.05) is 36.0 Å². The van der Waals surface area contributed by atoms with Gasteiger partial charge in [-0.25, -0.2) is 0 Å². The molecule has 0 aliphatic rings. The van der Waals surface area contributed by atoms with Gasteiger partial charge in [-0.15, -0.1) is 0 Å². The number of hydrogen-bond donors (Lipinski definition) is 2. The van der Waals surface area contributed by atoms with E-state index in [9.17, 15) is 0 Å². The molecule has 1 aromatic heterocycles. The van der Waals surface area contributed by atoms with Gasteiger partial charge >= 0.3 is 0 Å². The van der Waals surface area contributed by atoms with Gasteiger partial charge in [0.15, 0.2) is 5.96 Å². The lowest BCUT2D eigenvalue weighted by atomic mass is 10.2. The summed E-state index contributed by atoms with van der Waals surface area (Å²) in [7, 11) is 3.65. The Balaban J connectivity index is 1.89. The molecule has 112 valence electrons. The summed E-state index contributed by atoms with van der Waals surface area (Å²) >= 11 is 9.59. The zero-order valence-electron chi connectivity index (χ0n) is 11.9. The number of nitrogens with one attached hydrogen (secondary N) is 2. The zero-order chi connectivity index (χ0) is 15.2. The second-order valence-corrected chi connectivity index (χ2v) is 5.78. The van der Waals surface area contributed by atoms with Gasteiger partial charge < -0.3 is 10.6 Å². The number of hydrogen-bond acceptors (Lipinski definition) is 2. The van der Waals surface area contributed by atoms with Crippen LogP contribution in [-0.2, 0) is 20.1 Å². The highest BCUT2D eigenvalue weighted by atomic mass is 79.9. The van der Waals surface area contributed by atoms with Crippen LogP contribution in [0, 0.1) is 0 Å².